The quantitative estimate of drug-likeness (QED) is 0.511. The molecule has 3 rings (SSSR count). The number of imide groups is 1. The number of aromatic nitrogens is 4. The Morgan fingerprint density at radius 3 is 2.45 bits per heavy atom. The fourth-order valence-electron chi connectivity index (χ4n) is 2.94. The molecule has 0 fully saturated rings. The Labute approximate surface area is 192 Å². The van der Waals surface area contributed by atoms with Gasteiger partial charge in [-0.2, -0.15) is 13.2 Å². The number of rotatable bonds is 6. The molecule has 3 aromatic rings. The van der Waals surface area contributed by atoms with Crippen LogP contribution in [0.5, 0.6) is 0 Å². The van der Waals surface area contributed by atoms with Crippen molar-refractivity contribution in [2.24, 2.45) is 0 Å². The third-order valence-corrected chi connectivity index (χ3v) is 5.59. The predicted molar refractivity (Wildman–Crippen MR) is 118 cm³/mol. The van der Waals surface area contributed by atoms with Crippen molar-refractivity contribution in [3.8, 4) is 11.4 Å². The van der Waals surface area contributed by atoms with Crippen LogP contribution >= 0.6 is 11.8 Å². The van der Waals surface area contributed by atoms with E-state index in [1.165, 1.54) is 31.5 Å². The standard InChI is InChI=1S/C21H21F3N6O2S/c1-12-4-5-16(13(2)10-12)26-19(32)27-18(31)14(3)33-20-29-28-17(15-6-8-25-9-7-15)30(20)11-21(22,23)24/h4-10,14H,11H2,1-3H3,(H2,26,27,31,32). The first-order valence-corrected chi connectivity index (χ1v) is 10.7. The van der Waals surface area contributed by atoms with Gasteiger partial charge in [-0.3, -0.25) is 19.7 Å². The first-order chi connectivity index (χ1) is 15.5. The number of pyridine rings is 1. The maximum absolute atomic E-state index is 13.2. The number of amides is 3. The van der Waals surface area contributed by atoms with E-state index in [2.05, 4.69) is 25.8 Å². The first kappa shape index (κ1) is 24.2. The minimum absolute atomic E-state index is 0.00239. The maximum atomic E-state index is 13.2. The summed E-state index contributed by atoms with van der Waals surface area (Å²) >= 11 is 0.770. The summed E-state index contributed by atoms with van der Waals surface area (Å²) in [7, 11) is 0. The number of nitrogens with zero attached hydrogens (tertiary/aromatic N) is 4. The van der Waals surface area contributed by atoms with Gasteiger partial charge in [0.1, 0.15) is 6.54 Å². The highest BCUT2D eigenvalue weighted by Gasteiger charge is 2.32. The molecule has 0 saturated heterocycles. The lowest BCUT2D eigenvalue weighted by molar-refractivity contribution is -0.141. The molecule has 33 heavy (non-hydrogen) atoms. The summed E-state index contributed by atoms with van der Waals surface area (Å²) < 4.78 is 40.5. The van der Waals surface area contributed by atoms with Crippen LogP contribution in [0.4, 0.5) is 23.7 Å². The summed E-state index contributed by atoms with van der Waals surface area (Å²) in [5.41, 5.74) is 2.79. The van der Waals surface area contributed by atoms with E-state index >= 15 is 0 Å². The highest BCUT2D eigenvalue weighted by molar-refractivity contribution is 8.00. The SMILES string of the molecule is Cc1ccc(NC(=O)NC(=O)C(C)Sc2nnc(-c3ccncc3)n2CC(F)(F)F)c(C)c1. The first-order valence-electron chi connectivity index (χ1n) is 9.79. The van der Waals surface area contributed by atoms with Crippen molar-refractivity contribution in [2.45, 2.75) is 43.9 Å². The Bertz CT molecular complexity index is 1150. The smallest absolute Gasteiger partial charge is 0.307 e. The molecule has 8 nitrogen and oxygen atoms in total. The van der Waals surface area contributed by atoms with Crippen LogP contribution in [0.25, 0.3) is 11.4 Å². The molecule has 0 aliphatic heterocycles. The lowest BCUT2D eigenvalue weighted by Gasteiger charge is -2.15. The van der Waals surface area contributed by atoms with Crippen LogP contribution in [-0.4, -0.2) is 43.1 Å². The Kier molecular flexibility index (Phi) is 7.36. The Hall–Kier alpha value is -3.41. The second-order valence-electron chi connectivity index (χ2n) is 7.27. The molecule has 0 aliphatic carbocycles. The van der Waals surface area contributed by atoms with Gasteiger partial charge < -0.3 is 5.32 Å². The number of carbonyl (C=O) groups excluding carboxylic acids is 2. The number of hydrogen-bond acceptors (Lipinski definition) is 6. The van der Waals surface area contributed by atoms with Crippen molar-refractivity contribution in [1.29, 1.82) is 0 Å². The number of aryl methyl sites for hydroxylation is 2. The summed E-state index contributed by atoms with van der Waals surface area (Å²) in [5.74, 6) is -0.688. The maximum Gasteiger partial charge on any atom is 0.406 e. The van der Waals surface area contributed by atoms with Crippen LogP contribution in [0, 0.1) is 13.8 Å². The summed E-state index contributed by atoms with van der Waals surface area (Å²) in [6, 6.07) is 7.69. The highest BCUT2D eigenvalue weighted by atomic mass is 32.2. The number of anilines is 1. The van der Waals surface area contributed by atoms with Gasteiger partial charge in [0, 0.05) is 23.6 Å². The average molecular weight is 479 g/mol. The summed E-state index contributed by atoms with van der Waals surface area (Å²) in [4.78, 5) is 28.5. The van der Waals surface area contributed by atoms with Crippen LogP contribution < -0.4 is 10.6 Å². The minimum Gasteiger partial charge on any atom is -0.307 e. The topological polar surface area (TPSA) is 102 Å². The molecule has 2 aromatic heterocycles. The number of urea groups is 1. The number of benzene rings is 1. The van der Waals surface area contributed by atoms with Crippen LogP contribution in [0.2, 0.25) is 0 Å². The predicted octanol–water partition coefficient (Wildman–Crippen LogP) is 4.35. The molecular formula is C21H21F3N6O2S. The van der Waals surface area contributed by atoms with Crippen LogP contribution in [0.3, 0.4) is 0 Å². The molecule has 0 spiro atoms. The van der Waals surface area contributed by atoms with Gasteiger partial charge in [0.05, 0.1) is 5.25 Å². The molecule has 1 unspecified atom stereocenters. The van der Waals surface area contributed by atoms with Crippen molar-refractivity contribution < 1.29 is 22.8 Å². The van der Waals surface area contributed by atoms with E-state index in [1.54, 1.807) is 6.07 Å². The van der Waals surface area contributed by atoms with E-state index in [4.69, 9.17) is 0 Å². The third-order valence-electron chi connectivity index (χ3n) is 4.51. The van der Waals surface area contributed by atoms with Gasteiger partial charge in [-0.25, -0.2) is 4.79 Å². The number of halogens is 3. The number of alkyl halides is 3. The monoisotopic (exact) mass is 478 g/mol. The van der Waals surface area contributed by atoms with Crippen LogP contribution in [0.15, 0.2) is 47.9 Å². The van der Waals surface area contributed by atoms with Crippen LogP contribution in [-0.2, 0) is 11.3 Å². The van der Waals surface area contributed by atoms with Gasteiger partial charge >= 0.3 is 12.2 Å². The molecule has 0 radical (unpaired) electrons. The van der Waals surface area contributed by atoms with E-state index in [0.717, 1.165) is 27.5 Å². The van der Waals surface area contributed by atoms with Gasteiger partial charge in [-0.05, 0) is 44.5 Å². The van der Waals surface area contributed by atoms with E-state index in [1.807, 2.05) is 26.0 Å². The van der Waals surface area contributed by atoms with Crippen molar-refractivity contribution in [3.05, 3.63) is 53.9 Å². The molecule has 0 aliphatic rings. The lowest BCUT2D eigenvalue weighted by Crippen LogP contribution is -2.39. The second-order valence-corrected chi connectivity index (χ2v) is 8.57. The van der Waals surface area contributed by atoms with Crippen LogP contribution in [0.1, 0.15) is 18.1 Å². The van der Waals surface area contributed by atoms with Gasteiger partial charge in [0.2, 0.25) is 5.91 Å². The molecule has 12 heteroatoms. The molecule has 2 N–H and O–H groups in total. The zero-order valence-electron chi connectivity index (χ0n) is 18.0. The zero-order chi connectivity index (χ0) is 24.2. The zero-order valence-corrected chi connectivity index (χ0v) is 18.8. The number of hydrogen-bond donors (Lipinski definition) is 2. The van der Waals surface area contributed by atoms with Crippen molar-refractivity contribution in [1.82, 2.24) is 25.1 Å². The molecule has 0 saturated carbocycles. The number of thioether (sulfide) groups is 1. The highest BCUT2D eigenvalue weighted by Crippen LogP contribution is 2.30. The number of nitrogens with one attached hydrogen (secondary N) is 2. The Morgan fingerprint density at radius 2 is 1.82 bits per heavy atom. The van der Waals surface area contributed by atoms with E-state index < -0.39 is 29.9 Å². The summed E-state index contributed by atoms with van der Waals surface area (Å²) in [5, 5.41) is 11.5. The third kappa shape index (κ3) is 6.54. The molecule has 3 amide bonds. The second kappa shape index (κ2) is 10.0. The van der Waals surface area contributed by atoms with Crippen molar-refractivity contribution >= 4 is 29.4 Å². The summed E-state index contributed by atoms with van der Waals surface area (Å²) in [6.07, 6.45) is -1.67. The normalized spacial score (nSPS) is 12.3. The molecule has 1 aromatic carbocycles. The molecule has 0 bridgehead atoms. The van der Waals surface area contributed by atoms with Gasteiger partial charge in [0.25, 0.3) is 0 Å². The molecule has 1 atom stereocenters. The van der Waals surface area contributed by atoms with E-state index in [-0.39, 0.29) is 11.0 Å². The summed E-state index contributed by atoms with van der Waals surface area (Å²) in [6.45, 7) is 3.86. The van der Waals surface area contributed by atoms with Crippen molar-refractivity contribution in [2.75, 3.05) is 5.32 Å². The molecule has 174 valence electrons. The number of carbonyl (C=O) groups is 2. The largest absolute Gasteiger partial charge is 0.406 e. The van der Waals surface area contributed by atoms with Gasteiger partial charge in [-0.1, -0.05) is 29.5 Å². The molecule has 2 heterocycles. The Balaban J connectivity index is 1.72. The fourth-order valence-corrected chi connectivity index (χ4v) is 3.79. The molecular weight excluding hydrogens is 457 g/mol. The van der Waals surface area contributed by atoms with Crippen molar-refractivity contribution in [3.63, 3.8) is 0 Å². The van der Waals surface area contributed by atoms with Gasteiger partial charge in [-0.15, -0.1) is 10.2 Å². The average Bonchev–Trinajstić information content (AvgIpc) is 3.11. The minimum atomic E-state index is -4.53. The lowest BCUT2D eigenvalue weighted by atomic mass is 10.1. The van der Waals surface area contributed by atoms with Gasteiger partial charge in [0.15, 0.2) is 11.0 Å². The van der Waals surface area contributed by atoms with E-state index in [9.17, 15) is 22.8 Å². The van der Waals surface area contributed by atoms with E-state index in [0.29, 0.717) is 11.3 Å². The Morgan fingerprint density at radius 1 is 1.12 bits per heavy atom. The fraction of sp³-hybridized carbons (Fsp3) is 0.286.